The fourth-order valence-electron chi connectivity index (χ4n) is 3.50. The average Bonchev–Trinajstić information content (AvgIpc) is 3.33. The lowest BCUT2D eigenvalue weighted by Gasteiger charge is -2.21. The second-order valence-electron chi connectivity index (χ2n) is 7.56. The fraction of sp³-hybridized carbons (Fsp3) is 0.318. The summed E-state index contributed by atoms with van der Waals surface area (Å²) in [4.78, 5) is 14.5. The Hall–Kier alpha value is -2.50. The van der Waals surface area contributed by atoms with Gasteiger partial charge in [-0.25, -0.2) is 0 Å². The second-order valence-corrected chi connectivity index (χ2v) is 7.56. The molecule has 0 radical (unpaired) electrons. The molecule has 1 atom stereocenters. The summed E-state index contributed by atoms with van der Waals surface area (Å²) in [5, 5.41) is 2.30. The molecule has 4 rings (SSSR count). The number of nitrogens with zero attached hydrogens (tertiary/aromatic N) is 1. The van der Waals surface area contributed by atoms with Crippen LogP contribution < -0.4 is 10.5 Å². The number of nitrogens with two attached hydrogens (primary N) is 1. The molecular weight excluding hydrogens is 376 g/mol. The number of amides is 1. The summed E-state index contributed by atoms with van der Waals surface area (Å²) >= 11 is 0. The van der Waals surface area contributed by atoms with Crippen LogP contribution in [0.15, 0.2) is 59.0 Å². The number of benzene rings is 2. The average molecular weight is 401 g/mol. The number of furan rings is 1. The number of halogens is 1. The molecule has 1 aromatic heterocycles. The molecule has 1 aliphatic rings. The molecule has 1 aliphatic heterocycles. The van der Waals surface area contributed by atoms with Crippen LogP contribution in [0.25, 0.3) is 10.8 Å². The number of hydrogen-bond donors (Lipinski definition) is 1. The highest BCUT2D eigenvalue weighted by Crippen LogP contribution is 2.30. The van der Waals surface area contributed by atoms with E-state index in [-0.39, 0.29) is 30.3 Å². The maximum atomic E-state index is 12.6. The van der Waals surface area contributed by atoms with Gasteiger partial charge in [0.15, 0.2) is 5.76 Å². The Morgan fingerprint density at radius 3 is 2.71 bits per heavy atom. The van der Waals surface area contributed by atoms with Crippen LogP contribution in [0.4, 0.5) is 0 Å². The van der Waals surface area contributed by atoms with E-state index in [4.69, 9.17) is 14.9 Å². The van der Waals surface area contributed by atoms with Gasteiger partial charge in [-0.1, -0.05) is 37.3 Å². The summed E-state index contributed by atoms with van der Waals surface area (Å²) in [5.41, 5.74) is 5.83. The minimum atomic E-state index is -0.0795. The van der Waals surface area contributed by atoms with Crippen molar-refractivity contribution in [2.24, 2.45) is 11.1 Å². The minimum absolute atomic E-state index is 0. The predicted molar refractivity (Wildman–Crippen MR) is 112 cm³/mol. The Kier molecular flexibility index (Phi) is 5.96. The minimum Gasteiger partial charge on any atom is -0.486 e. The van der Waals surface area contributed by atoms with Crippen molar-refractivity contribution < 1.29 is 13.9 Å². The SMILES string of the molecule is CC1(CN)CCN(C(=O)c2ccc(COc3ccc4ccccc4c3)o2)C1.Cl. The standard InChI is InChI=1S/C22H24N2O3.ClH/c1-22(14-23)10-11-24(15-22)21(25)20-9-8-19(27-20)13-26-18-7-6-16-4-2-3-5-17(16)12-18;/h2-9,12H,10-11,13-15,23H2,1H3;1H. The van der Waals surface area contributed by atoms with Crippen LogP contribution in [0.1, 0.15) is 29.7 Å². The van der Waals surface area contributed by atoms with E-state index in [1.165, 1.54) is 5.39 Å². The van der Waals surface area contributed by atoms with E-state index in [1.807, 2.05) is 35.2 Å². The lowest BCUT2D eigenvalue weighted by Crippen LogP contribution is -2.34. The first kappa shape index (κ1) is 20.2. The van der Waals surface area contributed by atoms with Crippen LogP contribution >= 0.6 is 12.4 Å². The Balaban J connectivity index is 0.00000225. The summed E-state index contributed by atoms with van der Waals surface area (Å²) < 4.78 is 11.6. The molecule has 148 valence electrons. The molecule has 0 aliphatic carbocycles. The van der Waals surface area contributed by atoms with Crippen molar-refractivity contribution in [1.82, 2.24) is 4.90 Å². The molecule has 1 saturated heterocycles. The maximum Gasteiger partial charge on any atom is 0.289 e. The molecule has 2 N–H and O–H groups in total. The normalized spacial score (nSPS) is 18.9. The van der Waals surface area contributed by atoms with Crippen molar-refractivity contribution in [3.05, 3.63) is 66.1 Å². The lowest BCUT2D eigenvalue weighted by atomic mass is 9.90. The zero-order valence-corrected chi connectivity index (χ0v) is 16.7. The first-order valence-corrected chi connectivity index (χ1v) is 9.26. The van der Waals surface area contributed by atoms with E-state index in [1.54, 1.807) is 12.1 Å². The van der Waals surface area contributed by atoms with Gasteiger partial charge in [-0.2, -0.15) is 0 Å². The van der Waals surface area contributed by atoms with Crippen LogP contribution in [0.3, 0.4) is 0 Å². The highest BCUT2D eigenvalue weighted by Gasteiger charge is 2.36. The number of fused-ring (bicyclic) bond motifs is 1. The van der Waals surface area contributed by atoms with Gasteiger partial charge in [-0.05, 0) is 53.4 Å². The molecule has 1 amide bonds. The van der Waals surface area contributed by atoms with Crippen LogP contribution in [-0.2, 0) is 6.61 Å². The predicted octanol–water partition coefficient (Wildman–Crippen LogP) is 4.24. The lowest BCUT2D eigenvalue weighted by molar-refractivity contribution is 0.0741. The zero-order valence-electron chi connectivity index (χ0n) is 15.9. The largest absolute Gasteiger partial charge is 0.486 e. The quantitative estimate of drug-likeness (QED) is 0.695. The van der Waals surface area contributed by atoms with Gasteiger partial charge in [-0.3, -0.25) is 4.79 Å². The highest BCUT2D eigenvalue weighted by molar-refractivity contribution is 5.91. The Bertz CT molecular complexity index is 971. The molecule has 1 unspecified atom stereocenters. The first-order valence-electron chi connectivity index (χ1n) is 9.26. The van der Waals surface area contributed by atoms with Crippen molar-refractivity contribution in [3.63, 3.8) is 0 Å². The summed E-state index contributed by atoms with van der Waals surface area (Å²) in [6.45, 7) is 4.37. The summed E-state index contributed by atoms with van der Waals surface area (Å²) in [7, 11) is 0. The van der Waals surface area contributed by atoms with Crippen molar-refractivity contribution in [3.8, 4) is 5.75 Å². The molecule has 0 spiro atoms. The molecule has 28 heavy (non-hydrogen) atoms. The van der Waals surface area contributed by atoms with Crippen LogP contribution in [0.2, 0.25) is 0 Å². The third kappa shape index (κ3) is 4.16. The van der Waals surface area contributed by atoms with E-state index >= 15 is 0 Å². The maximum absolute atomic E-state index is 12.6. The van der Waals surface area contributed by atoms with E-state index < -0.39 is 0 Å². The van der Waals surface area contributed by atoms with Crippen LogP contribution in [-0.4, -0.2) is 30.4 Å². The molecule has 2 heterocycles. The summed E-state index contributed by atoms with van der Waals surface area (Å²) in [6, 6.07) is 17.6. The van der Waals surface area contributed by atoms with Gasteiger partial charge >= 0.3 is 0 Å². The van der Waals surface area contributed by atoms with E-state index in [9.17, 15) is 4.79 Å². The smallest absolute Gasteiger partial charge is 0.289 e. The zero-order chi connectivity index (χ0) is 18.9. The van der Waals surface area contributed by atoms with Crippen molar-refractivity contribution >= 4 is 29.1 Å². The summed E-state index contributed by atoms with van der Waals surface area (Å²) in [6.07, 6.45) is 0.924. The first-order chi connectivity index (χ1) is 13.1. The molecular formula is C22H25ClN2O3. The van der Waals surface area contributed by atoms with Gasteiger partial charge in [-0.15, -0.1) is 12.4 Å². The molecule has 0 saturated carbocycles. The molecule has 0 bridgehead atoms. The van der Waals surface area contributed by atoms with E-state index in [2.05, 4.69) is 19.1 Å². The molecule has 1 fully saturated rings. The molecule has 3 aromatic rings. The molecule has 2 aromatic carbocycles. The number of likely N-dealkylation sites (tertiary alicyclic amines) is 1. The fourth-order valence-corrected chi connectivity index (χ4v) is 3.50. The number of hydrogen-bond acceptors (Lipinski definition) is 4. The van der Waals surface area contributed by atoms with E-state index in [0.29, 0.717) is 24.6 Å². The third-order valence-electron chi connectivity index (χ3n) is 5.31. The Morgan fingerprint density at radius 1 is 1.18 bits per heavy atom. The number of ether oxygens (including phenoxy) is 1. The van der Waals surface area contributed by atoms with Gasteiger partial charge < -0.3 is 19.8 Å². The number of carbonyl (C=O) groups is 1. The second kappa shape index (κ2) is 8.25. The van der Waals surface area contributed by atoms with Gasteiger partial charge in [0, 0.05) is 13.1 Å². The number of carbonyl (C=O) groups excluding carboxylic acids is 1. The number of rotatable bonds is 5. The van der Waals surface area contributed by atoms with Crippen LogP contribution in [0.5, 0.6) is 5.75 Å². The molecule has 5 nitrogen and oxygen atoms in total. The highest BCUT2D eigenvalue weighted by atomic mass is 35.5. The summed E-state index contributed by atoms with van der Waals surface area (Å²) in [5.74, 6) is 1.68. The van der Waals surface area contributed by atoms with E-state index in [0.717, 1.165) is 24.1 Å². The van der Waals surface area contributed by atoms with Crippen LogP contribution in [0, 0.1) is 5.41 Å². The van der Waals surface area contributed by atoms with Crippen molar-refractivity contribution in [2.75, 3.05) is 19.6 Å². The van der Waals surface area contributed by atoms with Gasteiger partial charge in [0.25, 0.3) is 5.91 Å². The Morgan fingerprint density at radius 2 is 1.96 bits per heavy atom. The molecule has 6 heteroatoms. The van der Waals surface area contributed by atoms with Crippen molar-refractivity contribution in [2.45, 2.75) is 20.0 Å². The van der Waals surface area contributed by atoms with Gasteiger partial charge in [0.2, 0.25) is 0 Å². The third-order valence-corrected chi connectivity index (χ3v) is 5.31. The Labute approximate surface area is 170 Å². The van der Waals surface area contributed by atoms with Crippen molar-refractivity contribution in [1.29, 1.82) is 0 Å². The van der Waals surface area contributed by atoms with Gasteiger partial charge in [0.05, 0.1) is 0 Å². The monoisotopic (exact) mass is 400 g/mol. The topological polar surface area (TPSA) is 68.7 Å². The van der Waals surface area contributed by atoms with Gasteiger partial charge in [0.1, 0.15) is 18.1 Å².